The number of likely N-dealkylation sites (tertiary alicyclic amines) is 1. The number of methoxy groups -OCH3 is 1. The molecule has 0 bridgehead atoms. The first-order chi connectivity index (χ1) is 10.1. The second kappa shape index (κ2) is 11.7. The number of nitrogens with one attached hydrogen (secondary N) is 2. The molecule has 130 valence electrons. The maximum absolute atomic E-state index is 12.3. The van der Waals surface area contributed by atoms with E-state index in [4.69, 9.17) is 4.74 Å². The van der Waals surface area contributed by atoms with E-state index in [1.807, 2.05) is 13.8 Å². The minimum absolute atomic E-state index is 0. The van der Waals surface area contributed by atoms with Gasteiger partial charge in [0.2, 0.25) is 11.8 Å². The van der Waals surface area contributed by atoms with Crippen LogP contribution in [0.1, 0.15) is 33.1 Å². The highest BCUT2D eigenvalue weighted by molar-refractivity contribution is 5.88. The van der Waals surface area contributed by atoms with Crippen molar-refractivity contribution >= 4 is 24.2 Å². The SMILES string of the molecule is COCCNCCNC(=O)C1CCCCN1C(=O)C(C)C.Cl. The fourth-order valence-corrected chi connectivity index (χ4v) is 2.49. The lowest BCUT2D eigenvalue weighted by Crippen LogP contribution is -2.53. The fraction of sp³-hybridized carbons (Fsp3) is 0.867. The van der Waals surface area contributed by atoms with E-state index in [0.29, 0.717) is 26.2 Å². The van der Waals surface area contributed by atoms with Crippen molar-refractivity contribution in [2.75, 3.05) is 39.9 Å². The molecule has 1 unspecified atom stereocenters. The third-order valence-electron chi connectivity index (χ3n) is 3.67. The van der Waals surface area contributed by atoms with E-state index in [9.17, 15) is 9.59 Å². The molecule has 1 aliphatic rings. The van der Waals surface area contributed by atoms with Crippen LogP contribution in [0.3, 0.4) is 0 Å². The molecule has 2 amide bonds. The van der Waals surface area contributed by atoms with Gasteiger partial charge in [-0.1, -0.05) is 13.8 Å². The van der Waals surface area contributed by atoms with Crippen molar-refractivity contribution in [1.82, 2.24) is 15.5 Å². The molecule has 0 radical (unpaired) electrons. The Labute approximate surface area is 139 Å². The van der Waals surface area contributed by atoms with Crippen LogP contribution in [0.2, 0.25) is 0 Å². The molecule has 1 heterocycles. The van der Waals surface area contributed by atoms with E-state index < -0.39 is 0 Å². The topological polar surface area (TPSA) is 70.7 Å². The van der Waals surface area contributed by atoms with Crippen molar-refractivity contribution in [2.24, 2.45) is 5.92 Å². The fourth-order valence-electron chi connectivity index (χ4n) is 2.49. The van der Waals surface area contributed by atoms with Crippen molar-refractivity contribution in [2.45, 2.75) is 39.2 Å². The molecule has 22 heavy (non-hydrogen) atoms. The number of carbonyl (C=O) groups is 2. The number of halogens is 1. The Balaban J connectivity index is 0.00000441. The minimum Gasteiger partial charge on any atom is -0.383 e. The first-order valence-electron chi connectivity index (χ1n) is 7.85. The Kier molecular flexibility index (Phi) is 11.2. The monoisotopic (exact) mass is 335 g/mol. The first-order valence-corrected chi connectivity index (χ1v) is 7.85. The van der Waals surface area contributed by atoms with Crippen LogP contribution in [-0.4, -0.2) is 62.7 Å². The standard InChI is InChI=1S/C15H29N3O3.ClH/c1-12(2)15(20)18-10-5-4-6-13(18)14(19)17-8-7-16-9-11-21-3;/h12-13,16H,4-11H2,1-3H3,(H,17,19);1H. The molecule has 0 aliphatic carbocycles. The average molecular weight is 336 g/mol. The average Bonchev–Trinajstić information content (AvgIpc) is 2.49. The highest BCUT2D eigenvalue weighted by atomic mass is 35.5. The normalized spacial score (nSPS) is 18.0. The summed E-state index contributed by atoms with van der Waals surface area (Å²) in [5.74, 6) is -0.0144. The number of hydrogen-bond donors (Lipinski definition) is 2. The third kappa shape index (κ3) is 6.94. The van der Waals surface area contributed by atoms with Crippen molar-refractivity contribution in [3.63, 3.8) is 0 Å². The smallest absolute Gasteiger partial charge is 0.242 e. The molecule has 1 aliphatic heterocycles. The zero-order chi connectivity index (χ0) is 15.7. The van der Waals surface area contributed by atoms with E-state index in [1.165, 1.54) is 0 Å². The third-order valence-corrected chi connectivity index (χ3v) is 3.67. The molecule has 0 aromatic carbocycles. The summed E-state index contributed by atoms with van der Waals surface area (Å²) in [5, 5.41) is 6.09. The second-order valence-electron chi connectivity index (χ2n) is 5.73. The number of ether oxygens (including phenoxy) is 1. The van der Waals surface area contributed by atoms with Gasteiger partial charge in [0, 0.05) is 39.2 Å². The van der Waals surface area contributed by atoms with Gasteiger partial charge in [-0.25, -0.2) is 0 Å². The van der Waals surface area contributed by atoms with Gasteiger partial charge in [0.15, 0.2) is 0 Å². The summed E-state index contributed by atoms with van der Waals surface area (Å²) in [4.78, 5) is 26.2. The van der Waals surface area contributed by atoms with Crippen molar-refractivity contribution in [3.05, 3.63) is 0 Å². The lowest BCUT2D eigenvalue weighted by molar-refractivity contribution is -0.144. The molecular formula is C15H30ClN3O3. The van der Waals surface area contributed by atoms with E-state index >= 15 is 0 Å². The Morgan fingerprint density at radius 3 is 2.59 bits per heavy atom. The van der Waals surface area contributed by atoms with Gasteiger partial charge in [0.25, 0.3) is 0 Å². The van der Waals surface area contributed by atoms with Gasteiger partial charge >= 0.3 is 0 Å². The molecule has 1 fully saturated rings. The molecular weight excluding hydrogens is 306 g/mol. The molecule has 6 nitrogen and oxygen atoms in total. The Morgan fingerprint density at radius 1 is 1.23 bits per heavy atom. The molecule has 2 N–H and O–H groups in total. The molecule has 0 aromatic rings. The summed E-state index contributed by atoms with van der Waals surface area (Å²) in [6.45, 7) is 7.17. The number of piperidine rings is 1. The molecule has 0 aromatic heterocycles. The van der Waals surface area contributed by atoms with E-state index in [1.54, 1.807) is 12.0 Å². The number of nitrogens with zero attached hydrogens (tertiary/aromatic N) is 1. The molecule has 1 rings (SSSR count). The van der Waals surface area contributed by atoms with E-state index in [-0.39, 0.29) is 36.2 Å². The van der Waals surface area contributed by atoms with Gasteiger partial charge in [-0.2, -0.15) is 0 Å². The summed E-state index contributed by atoms with van der Waals surface area (Å²) in [6.07, 6.45) is 2.76. The van der Waals surface area contributed by atoms with Gasteiger partial charge in [0.1, 0.15) is 6.04 Å². The molecule has 0 saturated carbocycles. The van der Waals surface area contributed by atoms with Crippen molar-refractivity contribution in [3.8, 4) is 0 Å². The zero-order valence-electron chi connectivity index (χ0n) is 13.9. The van der Waals surface area contributed by atoms with Gasteiger partial charge < -0.3 is 20.3 Å². The van der Waals surface area contributed by atoms with Crippen LogP contribution in [-0.2, 0) is 14.3 Å². The van der Waals surface area contributed by atoms with Crippen molar-refractivity contribution in [1.29, 1.82) is 0 Å². The number of carbonyl (C=O) groups excluding carboxylic acids is 2. The number of rotatable bonds is 8. The van der Waals surface area contributed by atoms with Gasteiger partial charge in [-0.15, -0.1) is 12.4 Å². The predicted molar refractivity (Wildman–Crippen MR) is 89.2 cm³/mol. The van der Waals surface area contributed by atoms with Crippen LogP contribution in [0.15, 0.2) is 0 Å². The summed E-state index contributed by atoms with van der Waals surface area (Å²) >= 11 is 0. The van der Waals surface area contributed by atoms with Crippen LogP contribution in [0.25, 0.3) is 0 Å². The highest BCUT2D eigenvalue weighted by Gasteiger charge is 2.32. The first kappa shape index (κ1) is 21.1. The predicted octanol–water partition coefficient (Wildman–Crippen LogP) is 0.798. The summed E-state index contributed by atoms with van der Waals surface area (Å²) in [7, 11) is 1.66. The molecule has 0 spiro atoms. The summed E-state index contributed by atoms with van der Waals surface area (Å²) in [5.41, 5.74) is 0. The van der Waals surface area contributed by atoms with E-state index in [2.05, 4.69) is 10.6 Å². The van der Waals surface area contributed by atoms with Crippen LogP contribution >= 0.6 is 12.4 Å². The largest absolute Gasteiger partial charge is 0.383 e. The maximum Gasteiger partial charge on any atom is 0.242 e. The second-order valence-corrected chi connectivity index (χ2v) is 5.73. The van der Waals surface area contributed by atoms with Gasteiger partial charge in [-0.3, -0.25) is 9.59 Å². The molecule has 1 atom stereocenters. The highest BCUT2D eigenvalue weighted by Crippen LogP contribution is 2.19. The van der Waals surface area contributed by atoms with Gasteiger partial charge in [0.05, 0.1) is 6.61 Å². The summed E-state index contributed by atoms with van der Waals surface area (Å²) in [6, 6.07) is -0.298. The zero-order valence-corrected chi connectivity index (χ0v) is 14.7. The Bertz CT molecular complexity index is 340. The van der Waals surface area contributed by atoms with Crippen LogP contribution in [0, 0.1) is 5.92 Å². The number of amides is 2. The Morgan fingerprint density at radius 2 is 1.95 bits per heavy atom. The van der Waals surface area contributed by atoms with Gasteiger partial charge in [-0.05, 0) is 19.3 Å². The number of hydrogen-bond acceptors (Lipinski definition) is 4. The van der Waals surface area contributed by atoms with Crippen LogP contribution in [0.4, 0.5) is 0 Å². The summed E-state index contributed by atoms with van der Waals surface area (Å²) < 4.78 is 4.93. The van der Waals surface area contributed by atoms with E-state index in [0.717, 1.165) is 25.8 Å². The quantitative estimate of drug-likeness (QED) is 0.644. The Hall–Kier alpha value is -0.850. The molecule has 1 saturated heterocycles. The maximum atomic E-state index is 12.3. The minimum atomic E-state index is -0.298. The lowest BCUT2D eigenvalue weighted by atomic mass is 9.99. The lowest BCUT2D eigenvalue weighted by Gasteiger charge is -2.35. The van der Waals surface area contributed by atoms with Crippen molar-refractivity contribution < 1.29 is 14.3 Å². The molecule has 7 heteroatoms. The van der Waals surface area contributed by atoms with Crippen LogP contribution in [0.5, 0.6) is 0 Å². The van der Waals surface area contributed by atoms with Crippen LogP contribution < -0.4 is 10.6 Å².